The van der Waals surface area contributed by atoms with Crippen LogP contribution in [0.3, 0.4) is 0 Å². The van der Waals surface area contributed by atoms with Crippen molar-refractivity contribution in [3.05, 3.63) is 36.0 Å². The third-order valence-electron chi connectivity index (χ3n) is 4.00. The number of nitrogens with zero attached hydrogens (tertiary/aromatic N) is 3. The molecular formula is C16H16F2N6O. The van der Waals surface area contributed by atoms with Gasteiger partial charge in [0.25, 0.3) is 0 Å². The Kier molecular flexibility index (Phi) is 4.14. The molecular weight excluding hydrogens is 330 g/mol. The Morgan fingerprint density at radius 1 is 1.12 bits per heavy atom. The quantitative estimate of drug-likeness (QED) is 0.673. The third-order valence-corrected chi connectivity index (χ3v) is 4.00. The van der Waals surface area contributed by atoms with Crippen molar-refractivity contribution < 1.29 is 13.5 Å². The number of halogens is 2. The molecule has 0 bridgehead atoms. The Balaban J connectivity index is 1.55. The molecule has 0 amide bonds. The van der Waals surface area contributed by atoms with E-state index in [0.717, 1.165) is 12.8 Å². The van der Waals surface area contributed by atoms with Gasteiger partial charge in [-0.25, -0.2) is 13.8 Å². The van der Waals surface area contributed by atoms with E-state index in [9.17, 15) is 8.78 Å². The first-order valence-electron chi connectivity index (χ1n) is 7.97. The van der Waals surface area contributed by atoms with Crippen LogP contribution in [0.2, 0.25) is 0 Å². The lowest BCUT2D eigenvalue weighted by molar-refractivity contribution is 0.0903. The SMILES string of the molecule is Fc1cccc(F)c1Nc1nc2nc(NC3CCOCC3)ncc2[nH]1. The van der Waals surface area contributed by atoms with Gasteiger partial charge in [-0.1, -0.05) is 6.07 Å². The number of aromatic nitrogens is 4. The fourth-order valence-corrected chi connectivity index (χ4v) is 2.70. The van der Waals surface area contributed by atoms with Crippen molar-refractivity contribution in [2.45, 2.75) is 18.9 Å². The molecule has 1 aromatic carbocycles. The Labute approximate surface area is 141 Å². The van der Waals surface area contributed by atoms with E-state index in [-0.39, 0.29) is 17.7 Å². The average molecular weight is 346 g/mol. The summed E-state index contributed by atoms with van der Waals surface area (Å²) < 4.78 is 32.8. The lowest BCUT2D eigenvalue weighted by Crippen LogP contribution is -2.28. The molecule has 0 radical (unpaired) electrons. The lowest BCUT2D eigenvalue weighted by Gasteiger charge is -2.22. The van der Waals surface area contributed by atoms with Gasteiger partial charge in [-0.3, -0.25) is 0 Å². The van der Waals surface area contributed by atoms with Crippen molar-refractivity contribution in [3.63, 3.8) is 0 Å². The van der Waals surface area contributed by atoms with Gasteiger partial charge < -0.3 is 20.4 Å². The summed E-state index contributed by atoms with van der Waals surface area (Å²) in [6.07, 6.45) is 3.36. The third kappa shape index (κ3) is 3.36. The molecule has 0 spiro atoms. The van der Waals surface area contributed by atoms with Gasteiger partial charge in [0.2, 0.25) is 11.9 Å². The summed E-state index contributed by atoms with van der Waals surface area (Å²) in [5.41, 5.74) is 0.704. The summed E-state index contributed by atoms with van der Waals surface area (Å²) in [5, 5.41) is 5.86. The van der Waals surface area contributed by atoms with Gasteiger partial charge >= 0.3 is 0 Å². The fourth-order valence-electron chi connectivity index (χ4n) is 2.70. The van der Waals surface area contributed by atoms with Crippen LogP contribution in [0.1, 0.15) is 12.8 Å². The number of hydrogen-bond donors (Lipinski definition) is 3. The van der Waals surface area contributed by atoms with Gasteiger partial charge in [0.1, 0.15) is 22.8 Å². The first-order valence-corrected chi connectivity index (χ1v) is 7.97. The molecule has 3 aromatic rings. The van der Waals surface area contributed by atoms with Gasteiger partial charge in [0.05, 0.1) is 6.20 Å². The zero-order valence-corrected chi connectivity index (χ0v) is 13.2. The number of benzene rings is 1. The van der Waals surface area contributed by atoms with Crippen molar-refractivity contribution in [2.24, 2.45) is 0 Å². The Morgan fingerprint density at radius 2 is 1.88 bits per heavy atom. The summed E-state index contributed by atoms with van der Waals surface area (Å²) in [7, 11) is 0. The van der Waals surface area contributed by atoms with Crippen molar-refractivity contribution in [2.75, 3.05) is 23.8 Å². The molecule has 1 aliphatic heterocycles. The lowest BCUT2D eigenvalue weighted by atomic mass is 10.1. The highest BCUT2D eigenvalue weighted by molar-refractivity contribution is 5.75. The number of para-hydroxylation sites is 1. The van der Waals surface area contributed by atoms with Crippen LogP contribution in [0, 0.1) is 11.6 Å². The topological polar surface area (TPSA) is 87.8 Å². The number of H-pyrrole nitrogens is 1. The maximum Gasteiger partial charge on any atom is 0.225 e. The van der Waals surface area contributed by atoms with E-state index in [0.29, 0.717) is 30.3 Å². The minimum atomic E-state index is -0.701. The smallest absolute Gasteiger partial charge is 0.225 e. The molecule has 0 saturated carbocycles. The first-order chi connectivity index (χ1) is 12.2. The second-order valence-electron chi connectivity index (χ2n) is 5.77. The predicted molar refractivity (Wildman–Crippen MR) is 88.8 cm³/mol. The van der Waals surface area contributed by atoms with Crippen molar-refractivity contribution in [1.29, 1.82) is 0 Å². The molecule has 2 aromatic heterocycles. The molecule has 3 N–H and O–H groups in total. The highest BCUT2D eigenvalue weighted by atomic mass is 19.1. The van der Waals surface area contributed by atoms with Crippen LogP contribution in [-0.2, 0) is 4.74 Å². The number of fused-ring (bicyclic) bond motifs is 1. The minimum absolute atomic E-state index is 0.191. The Hall–Kier alpha value is -2.81. The van der Waals surface area contributed by atoms with Crippen molar-refractivity contribution >= 4 is 28.7 Å². The van der Waals surface area contributed by atoms with Crippen molar-refractivity contribution in [1.82, 2.24) is 19.9 Å². The van der Waals surface area contributed by atoms with E-state index >= 15 is 0 Å². The standard InChI is InChI=1S/C16H16F2N6O/c17-10-2-1-3-11(18)13(10)22-16-21-12-8-19-15(23-14(12)24-16)20-9-4-6-25-7-5-9/h1-3,8-9H,4-7H2,(H3,19,20,21,22,23,24). The maximum atomic E-state index is 13.7. The second kappa shape index (κ2) is 6.60. The molecule has 9 heteroatoms. The highest BCUT2D eigenvalue weighted by Gasteiger charge is 2.16. The average Bonchev–Trinajstić information content (AvgIpc) is 3.01. The zero-order chi connectivity index (χ0) is 17.2. The predicted octanol–water partition coefficient (Wildman–Crippen LogP) is 2.97. The van der Waals surface area contributed by atoms with Crippen LogP contribution in [0.5, 0.6) is 0 Å². The molecule has 0 unspecified atom stereocenters. The summed E-state index contributed by atoms with van der Waals surface area (Å²) in [5.74, 6) is -0.743. The van der Waals surface area contributed by atoms with Gasteiger partial charge in [-0.15, -0.1) is 0 Å². The fraction of sp³-hybridized carbons (Fsp3) is 0.312. The highest BCUT2D eigenvalue weighted by Crippen LogP contribution is 2.23. The minimum Gasteiger partial charge on any atom is -0.381 e. The van der Waals surface area contributed by atoms with Crippen LogP contribution < -0.4 is 10.6 Å². The van der Waals surface area contributed by atoms with Crippen LogP contribution in [-0.4, -0.2) is 39.2 Å². The molecule has 7 nitrogen and oxygen atoms in total. The van der Waals surface area contributed by atoms with Gasteiger partial charge in [0, 0.05) is 19.3 Å². The summed E-state index contributed by atoms with van der Waals surface area (Å²) in [4.78, 5) is 15.7. The monoisotopic (exact) mass is 346 g/mol. The number of anilines is 3. The van der Waals surface area contributed by atoms with Crippen molar-refractivity contribution in [3.8, 4) is 0 Å². The molecule has 0 aliphatic carbocycles. The summed E-state index contributed by atoms with van der Waals surface area (Å²) in [6, 6.07) is 3.90. The second-order valence-corrected chi connectivity index (χ2v) is 5.77. The van der Waals surface area contributed by atoms with Crippen LogP contribution in [0.15, 0.2) is 24.4 Å². The molecule has 0 atom stereocenters. The van der Waals surface area contributed by atoms with Gasteiger partial charge in [0.15, 0.2) is 5.65 Å². The van der Waals surface area contributed by atoms with Gasteiger partial charge in [-0.05, 0) is 25.0 Å². The van der Waals surface area contributed by atoms with E-state index in [4.69, 9.17) is 4.74 Å². The molecule has 1 fully saturated rings. The summed E-state index contributed by atoms with van der Waals surface area (Å²) in [6.45, 7) is 1.43. The molecule has 1 saturated heterocycles. The zero-order valence-electron chi connectivity index (χ0n) is 13.2. The van der Waals surface area contributed by atoms with Gasteiger partial charge in [-0.2, -0.15) is 9.97 Å². The molecule has 1 aliphatic rings. The number of aromatic amines is 1. The molecule has 4 rings (SSSR count). The van der Waals surface area contributed by atoms with E-state index in [1.807, 2.05) is 0 Å². The molecule has 25 heavy (non-hydrogen) atoms. The molecule has 130 valence electrons. The van der Waals surface area contributed by atoms with Crippen LogP contribution in [0.25, 0.3) is 11.2 Å². The number of hydrogen-bond acceptors (Lipinski definition) is 6. The summed E-state index contributed by atoms with van der Waals surface area (Å²) >= 11 is 0. The maximum absolute atomic E-state index is 13.7. The Bertz CT molecular complexity index is 873. The van der Waals surface area contributed by atoms with E-state index in [2.05, 4.69) is 30.6 Å². The number of rotatable bonds is 4. The first kappa shape index (κ1) is 15.7. The number of ether oxygens (including phenoxy) is 1. The van der Waals surface area contributed by atoms with E-state index in [1.165, 1.54) is 18.2 Å². The Morgan fingerprint density at radius 3 is 2.64 bits per heavy atom. The largest absolute Gasteiger partial charge is 0.381 e. The number of imidazole rings is 1. The normalized spacial score (nSPS) is 15.4. The van der Waals surface area contributed by atoms with Crippen LogP contribution >= 0.6 is 0 Å². The van der Waals surface area contributed by atoms with E-state index < -0.39 is 11.6 Å². The van der Waals surface area contributed by atoms with E-state index in [1.54, 1.807) is 6.20 Å². The molecule has 3 heterocycles. The number of nitrogens with one attached hydrogen (secondary N) is 3. The van der Waals surface area contributed by atoms with Crippen LogP contribution in [0.4, 0.5) is 26.4 Å².